The number of thioether (sulfide) groups is 1. The second kappa shape index (κ2) is 3.97. The Morgan fingerprint density at radius 1 is 1.46 bits per heavy atom. The van der Waals surface area contributed by atoms with E-state index in [4.69, 9.17) is 0 Å². The van der Waals surface area contributed by atoms with Crippen LogP contribution in [0.2, 0.25) is 0 Å². The average molecular weight is 192 g/mol. The molecule has 0 amide bonds. The summed E-state index contributed by atoms with van der Waals surface area (Å²) in [5, 5.41) is 0. The number of fused-ring (bicyclic) bond motifs is 1. The summed E-state index contributed by atoms with van der Waals surface area (Å²) in [6.07, 6.45) is 3.74. The fraction of sp³-hybridized carbons (Fsp3) is 0.364. The summed E-state index contributed by atoms with van der Waals surface area (Å²) in [6.45, 7) is 0. The van der Waals surface area contributed by atoms with Crippen LogP contribution >= 0.6 is 11.8 Å². The summed E-state index contributed by atoms with van der Waals surface area (Å²) in [5.41, 5.74) is 2.82. The van der Waals surface area contributed by atoms with E-state index in [-0.39, 0.29) is 0 Å². The summed E-state index contributed by atoms with van der Waals surface area (Å²) >= 11 is 1.93. The first-order valence-corrected chi connectivity index (χ1v) is 5.57. The number of hydrogen-bond donors (Lipinski definition) is 0. The van der Waals surface area contributed by atoms with Crippen molar-refractivity contribution in [2.45, 2.75) is 24.2 Å². The molecule has 0 N–H and O–H groups in total. The minimum Gasteiger partial charge on any atom is -0.303 e. The zero-order chi connectivity index (χ0) is 9.10. The van der Waals surface area contributed by atoms with E-state index in [0.717, 1.165) is 12.7 Å². The van der Waals surface area contributed by atoms with Crippen LogP contribution in [0.15, 0.2) is 23.1 Å². The van der Waals surface area contributed by atoms with Gasteiger partial charge in [0.2, 0.25) is 0 Å². The third kappa shape index (κ3) is 1.78. The standard InChI is InChI=1S/C11H12OS/c12-7-2-5-9-3-1-4-10-6-8-13-11(9)10/h1,3-4,7H,2,5-6,8H2. The average Bonchev–Trinajstić information content (AvgIpc) is 2.62. The molecular weight excluding hydrogens is 180 g/mol. The Hall–Kier alpha value is -0.760. The van der Waals surface area contributed by atoms with Crippen molar-refractivity contribution in [1.82, 2.24) is 0 Å². The molecule has 0 fully saturated rings. The zero-order valence-corrected chi connectivity index (χ0v) is 8.27. The summed E-state index contributed by atoms with van der Waals surface area (Å²) < 4.78 is 0. The molecule has 13 heavy (non-hydrogen) atoms. The third-order valence-corrected chi connectivity index (χ3v) is 3.55. The highest BCUT2D eigenvalue weighted by atomic mass is 32.2. The Bertz CT molecular complexity index is 320. The minimum absolute atomic E-state index is 0.650. The maximum atomic E-state index is 10.3. The molecule has 0 saturated heterocycles. The van der Waals surface area contributed by atoms with Crippen molar-refractivity contribution < 1.29 is 4.79 Å². The number of aryl methyl sites for hydroxylation is 2. The van der Waals surface area contributed by atoms with Gasteiger partial charge in [-0.1, -0.05) is 18.2 Å². The number of carbonyl (C=O) groups excluding carboxylic acids is 1. The van der Waals surface area contributed by atoms with Gasteiger partial charge in [0.15, 0.2) is 0 Å². The van der Waals surface area contributed by atoms with E-state index in [0.29, 0.717) is 6.42 Å². The maximum absolute atomic E-state index is 10.3. The number of carbonyl (C=O) groups is 1. The molecule has 0 spiro atoms. The van der Waals surface area contributed by atoms with Gasteiger partial charge in [-0.25, -0.2) is 0 Å². The van der Waals surface area contributed by atoms with Crippen molar-refractivity contribution in [3.63, 3.8) is 0 Å². The molecule has 2 heteroatoms. The topological polar surface area (TPSA) is 17.1 Å². The molecule has 0 aliphatic carbocycles. The van der Waals surface area contributed by atoms with Gasteiger partial charge in [0.05, 0.1) is 0 Å². The molecule has 0 atom stereocenters. The smallest absolute Gasteiger partial charge is 0.120 e. The molecule has 0 bridgehead atoms. The predicted molar refractivity (Wildman–Crippen MR) is 55.3 cm³/mol. The molecule has 0 saturated carbocycles. The second-order valence-electron chi connectivity index (χ2n) is 3.21. The van der Waals surface area contributed by atoms with Gasteiger partial charge in [-0.15, -0.1) is 11.8 Å². The molecule has 0 radical (unpaired) electrons. The van der Waals surface area contributed by atoms with Gasteiger partial charge in [0.1, 0.15) is 6.29 Å². The molecule has 1 aromatic rings. The van der Waals surface area contributed by atoms with Crippen molar-refractivity contribution in [1.29, 1.82) is 0 Å². The lowest BCUT2D eigenvalue weighted by atomic mass is 10.1. The molecule has 0 aromatic heterocycles. The number of aldehydes is 1. The van der Waals surface area contributed by atoms with Gasteiger partial charge < -0.3 is 4.79 Å². The normalized spacial score (nSPS) is 14.2. The number of benzene rings is 1. The Balaban J connectivity index is 2.25. The lowest BCUT2D eigenvalue weighted by molar-refractivity contribution is -0.107. The van der Waals surface area contributed by atoms with Crippen molar-refractivity contribution in [3.05, 3.63) is 29.3 Å². The first-order chi connectivity index (χ1) is 6.42. The largest absolute Gasteiger partial charge is 0.303 e. The van der Waals surface area contributed by atoms with Gasteiger partial charge in [-0.05, 0) is 24.0 Å². The summed E-state index contributed by atoms with van der Waals surface area (Å²) in [5.74, 6) is 1.20. The monoisotopic (exact) mass is 192 g/mol. The van der Waals surface area contributed by atoms with Gasteiger partial charge in [-0.2, -0.15) is 0 Å². The number of hydrogen-bond acceptors (Lipinski definition) is 2. The molecule has 1 aliphatic rings. The fourth-order valence-electron chi connectivity index (χ4n) is 1.69. The zero-order valence-electron chi connectivity index (χ0n) is 7.45. The van der Waals surface area contributed by atoms with Gasteiger partial charge >= 0.3 is 0 Å². The van der Waals surface area contributed by atoms with Crippen LogP contribution in [0.5, 0.6) is 0 Å². The fourth-order valence-corrected chi connectivity index (χ4v) is 2.93. The van der Waals surface area contributed by atoms with Crippen molar-refractivity contribution in [2.75, 3.05) is 5.75 Å². The van der Waals surface area contributed by atoms with E-state index < -0.39 is 0 Å². The Kier molecular flexibility index (Phi) is 2.69. The van der Waals surface area contributed by atoms with E-state index in [1.54, 1.807) is 0 Å². The van der Waals surface area contributed by atoms with Crippen LogP contribution in [0, 0.1) is 0 Å². The van der Waals surface area contributed by atoms with Crippen molar-refractivity contribution in [3.8, 4) is 0 Å². The first kappa shape index (κ1) is 8.82. The van der Waals surface area contributed by atoms with Crippen LogP contribution in [0.4, 0.5) is 0 Å². The molecule has 2 rings (SSSR count). The Morgan fingerprint density at radius 3 is 3.23 bits per heavy atom. The molecule has 1 nitrogen and oxygen atoms in total. The Labute approximate surface area is 82.5 Å². The van der Waals surface area contributed by atoms with Crippen LogP contribution in [0.1, 0.15) is 17.5 Å². The quantitative estimate of drug-likeness (QED) is 0.684. The predicted octanol–water partition coefficient (Wildman–Crippen LogP) is 2.47. The lowest BCUT2D eigenvalue weighted by Crippen LogP contribution is -1.90. The van der Waals surface area contributed by atoms with E-state index in [2.05, 4.69) is 18.2 Å². The lowest BCUT2D eigenvalue weighted by Gasteiger charge is -2.04. The Morgan fingerprint density at radius 2 is 2.38 bits per heavy atom. The highest BCUT2D eigenvalue weighted by molar-refractivity contribution is 7.99. The second-order valence-corrected chi connectivity index (χ2v) is 4.31. The molecule has 1 heterocycles. The van der Waals surface area contributed by atoms with E-state index in [1.807, 2.05) is 11.8 Å². The highest BCUT2D eigenvalue weighted by Crippen LogP contribution is 2.34. The first-order valence-electron chi connectivity index (χ1n) is 4.59. The maximum Gasteiger partial charge on any atom is 0.120 e. The van der Waals surface area contributed by atoms with Crippen LogP contribution in [0.25, 0.3) is 0 Å². The van der Waals surface area contributed by atoms with Crippen LogP contribution < -0.4 is 0 Å². The summed E-state index contributed by atoms with van der Waals surface area (Å²) in [6, 6.07) is 6.44. The molecule has 68 valence electrons. The minimum atomic E-state index is 0.650. The van der Waals surface area contributed by atoms with Gasteiger partial charge in [0.25, 0.3) is 0 Å². The summed E-state index contributed by atoms with van der Waals surface area (Å²) in [7, 11) is 0. The van der Waals surface area contributed by atoms with Crippen LogP contribution in [0.3, 0.4) is 0 Å². The van der Waals surface area contributed by atoms with E-state index in [9.17, 15) is 4.79 Å². The molecule has 0 unspecified atom stereocenters. The van der Waals surface area contributed by atoms with Gasteiger partial charge in [-0.3, -0.25) is 0 Å². The molecular formula is C11H12OS. The van der Waals surface area contributed by atoms with Crippen molar-refractivity contribution in [2.24, 2.45) is 0 Å². The van der Waals surface area contributed by atoms with Gasteiger partial charge in [0, 0.05) is 17.1 Å². The van der Waals surface area contributed by atoms with E-state index in [1.165, 1.54) is 28.2 Å². The highest BCUT2D eigenvalue weighted by Gasteiger charge is 2.13. The van der Waals surface area contributed by atoms with Crippen LogP contribution in [-0.2, 0) is 17.6 Å². The molecule has 1 aromatic carbocycles. The third-order valence-electron chi connectivity index (χ3n) is 2.33. The summed E-state index contributed by atoms with van der Waals surface area (Å²) in [4.78, 5) is 11.7. The SMILES string of the molecule is O=CCCc1cccc2c1SCC2. The number of rotatable bonds is 3. The van der Waals surface area contributed by atoms with Crippen molar-refractivity contribution >= 4 is 18.0 Å². The molecule has 1 aliphatic heterocycles. The van der Waals surface area contributed by atoms with E-state index >= 15 is 0 Å². The van der Waals surface area contributed by atoms with Crippen LogP contribution in [-0.4, -0.2) is 12.0 Å².